The molecule has 2 fully saturated rings. The summed E-state index contributed by atoms with van der Waals surface area (Å²) in [6.07, 6.45) is 9.31. The Labute approximate surface area is 119 Å². The van der Waals surface area contributed by atoms with E-state index in [1.54, 1.807) is 0 Å². The highest BCUT2D eigenvalue weighted by atomic mass is 15.3. The average Bonchev–Trinajstić information content (AvgIpc) is 2.49. The van der Waals surface area contributed by atoms with Gasteiger partial charge >= 0.3 is 0 Å². The third kappa shape index (κ3) is 3.32. The molecule has 2 unspecified atom stereocenters. The summed E-state index contributed by atoms with van der Waals surface area (Å²) in [5.74, 6) is 0. The molecule has 2 rings (SSSR count). The molecule has 2 heterocycles. The second-order valence-corrected chi connectivity index (χ2v) is 6.52. The maximum absolute atomic E-state index is 6.20. The minimum absolute atomic E-state index is 0.277. The van der Waals surface area contributed by atoms with Crippen molar-refractivity contribution in [1.29, 1.82) is 0 Å². The smallest absolute Gasteiger partial charge is 0.0330 e. The molecule has 0 amide bonds. The zero-order valence-electron chi connectivity index (χ0n) is 13.0. The van der Waals surface area contributed by atoms with Crippen molar-refractivity contribution in [3.05, 3.63) is 0 Å². The van der Waals surface area contributed by atoms with Gasteiger partial charge in [-0.15, -0.1) is 0 Å². The number of piperazine rings is 1. The van der Waals surface area contributed by atoms with E-state index in [2.05, 4.69) is 23.6 Å². The Bertz CT molecular complexity index is 263. The van der Waals surface area contributed by atoms with E-state index in [1.807, 2.05) is 0 Å². The lowest BCUT2D eigenvalue weighted by Crippen LogP contribution is -2.63. The van der Waals surface area contributed by atoms with Crippen molar-refractivity contribution in [2.45, 2.75) is 70.4 Å². The number of piperidine rings is 1. The third-order valence-electron chi connectivity index (χ3n) is 5.54. The fourth-order valence-corrected chi connectivity index (χ4v) is 4.03. The molecule has 0 aromatic heterocycles. The number of unbranched alkanes of at least 4 members (excludes halogenated alkanes) is 1. The van der Waals surface area contributed by atoms with Crippen molar-refractivity contribution in [3.8, 4) is 0 Å². The summed E-state index contributed by atoms with van der Waals surface area (Å²) < 4.78 is 0. The van der Waals surface area contributed by atoms with E-state index in [9.17, 15) is 0 Å². The SMILES string of the molecule is CCCCC(CC)(CN)N1CCN2CCCCC2C1. The van der Waals surface area contributed by atoms with Crippen molar-refractivity contribution >= 4 is 0 Å². The molecule has 0 spiro atoms. The van der Waals surface area contributed by atoms with Gasteiger partial charge < -0.3 is 5.73 Å². The van der Waals surface area contributed by atoms with Crippen LogP contribution in [0.4, 0.5) is 0 Å². The molecule has 19 heavy (non-hydrogen) atoms. The Morgan fingerprint density at radius 1 is 1.16 bits per heavy atom. The molecule has 3 nitrogen and oxygen atoms in total. The Kier molecular flexibility index (Phi) is 5.67. The van der Waals surface area contributed by atoms with Crippen LogP contribution >= 0.6 is 0 Å². The summed E-state index contributed by atoms with van der Waals surface area (Å²) in [6, 6.07) is 0.807. The average molecular weight is 267 g/mol. The van der Waals surface area contributed by atoms with Crippen LogP contribution in [0.2, 0.25) is 0 Å². The summed E-state index contributed by atoms with van der Waals surface area (Å²) >= 11 is 0. The van der Waals surface area contributed by atoms with Crippen molar-refractivity contribution in [1.82, 2.24) is 9.80 Å². The molecule has 2 atom stereocenters. The van der Waals surface area contributed by atoms with Crippen LogP contribution in [-0.2, 0) is 0 Å². The Hall–Kier alpha value is -0.120. The van der Waals surface area contributed by atoms with Gasteiger partial charge in [0.2, 0.25) is 0 Å². The highest BCUT2D eigenvalue weighted by molar-refractivity contribution is 4.96. The van der Waals surface area contributed by atoms with Gasteiger partial charge in [0.05, 0.1) is 0 Å². The highest BCUT2D eigenvalue weighted by Crippen LogP contribution is 2.30. The van der Waals surface area contributed by atoms with Gasteiger partial charge in [0, 0.05) is 37.8 Å². The van der Waals surface area contributed by atoms with Crippen LogP contribution in [-0.4, -0.2) is 54.1 Å². The van der Waals surface area contributed by atoms with E-state index >= 15 is 0 Å². The largest absolute Gasteiger partial charge is 0.329 e. The maximum Gasteiger partial charge on any atom is 0.0330 e. The highest BCUT2D eigenvalue weighted by Gasteiger charge is 2.38. The molecular weight excluding hydrogens is 234 g/mol. The molecule has 2 saturated heterocycles. The molecule has 0 aromatic rings. The summed E-state index contributed by atoms with van der Waals surface area (Å²) in [6.45, 7) is 10.5. The predicted octanol–water partition coefficient (Wildman–Crippen LogP) is 2.45. The number of hydrogen-bond donors (Lipinski definition) is 1. The topological polar surface area (TPSA) is 32.5 Å². The third-order valence-corrected chi connectivity index (χ3v) is 5.54. The van der Waals surface area contributed by atoms with Gasteiger partial charge in [-0.3, -0.25) is 9.80 Å². The quantitative estimate of drug-likeness (QED) is 0.802. The number of rotatable bonds is 6. The lowest BCUT2D eigenvalue weighted by Gasteiger charge is -2.51. The van der Waals surface area contributed by atoms with Crippen molar-refractivity contribution in [3.63, 3.8) is 0 Å². The number of fused-ring (bicyclic) bond motifs is 1. The molecule has 3 heteroatoms. The van der Waals surface area contributed by atoms with Crippen LogP contribution in [0.15, 0.2) is 0 Å². The molecule has 0 saturated carbocycles. The predicted molar refractivity (Wildman–Crippen MR) is 82.4 cm³/mol. The van der Waals surface area contributed by atoms with Crippen molar-refractivity contribution < 1.29 is 0 Å². The van der Waals surface area contributed by atoms with Gasteiger partial charge in [-0.2, -0.15) is 0 Å². The Morgan fingerprint density at radius 3 is 2.68 bits per heavy atom. The van der Waals surface area contributed by atoms with E-state index in [0.29, 0.717) is 0 Å². The fraction of sp³-hybridized carbons (Fsp3) is 1.00. The number of nitrogens with zero attached hydrogens (tertiary/aromatic N) is 2. The lowest BCUT2D eigenvalue weighted by molar-refractivity contribution is -0.0172. The Morgan fingerprint density at radius 2 is 2.00 bits per heavy atom. The van der Waals surface area contributed by atoms with E-state index < -0.39 is 0 Å². The zero-order valence-corrected chi connectivity index (χ0v) is 13.0. The van der Waals surface area contributed by atoms with Gasteiger partial charge in [0.1, 0.15) is 0 Å². The van der Waals surface area contributed by atoms with Crippen LogP contribution in [0.1, 0.15) is 58.8 Å². The van der Waals surface area contributed by atoms with E-state index in [1.165, 1.54) is 71.1 Å². The molecule has 0 radical (unpaired) electrons. The number of hydrogen-bond acceptors (Lipinski definition) is 3. The standard InChI is InChI=1S/C16H33N3/c1-3-5-9-16(4-2,14-17)19-12-11-18-10-7-6-8-15(18)13-19/h15H,3-14,17H2,1-2H3. The van der Waals surface area contributed by atoms with Gasteiger partial charge in [-0.25, -0.2) is 0 Å². The summed E-state index contributed by atoms with van der Waals surface area (Å²) in [5.41, 5.74) is 6.48. The normalized spacial score (nSPS) is 28.9. The van der Waals surface area contributed by atoms with Crippen LogP contribution in [0, 0.1) is 0 Å². The fourth-order valence-electron chi connectivity index (χ4n) is 4.03. The van der Waals surface area contributed by atoms with Crippen LogP contribution in [0.5, 0.6) is 0 Å². The van der Waals surface area contributed by atoms with Crippen LogP contribution in [0.3, 0.4) is 0 Å². The molecule has 2 aliphatic rings. The van der Waals surface area contributed by atoms with Gasteiger partial charge in [0.15, 0.2) is 0 Å². The van der Waals surface area contributed by atoms with Gasteiger partial charge in [-0.05, 0) is 32.2 Å². The molecule has 0 aliphatic carbocycles. The second-order valence-electron chi connectivity index (χ2n) is 6.52. The summed E-state index contributed by atoms with van der Waals surface area (Å²) in [5, 5.41) is 0. The molecule has 0 bridgehead atoms. The second kappa shape index (κ2) is 7.05. The lowest BCUT2D eigenvalue weighted by atomic mass is 9.85. The minimum Gasteiger partial charge on any atom is -0.329 e. The minimum atomic E-state index is 0.277. The molecule has 0 aromatic carbocycles. The first-order chi connectivity index (χ1) is 9.25. The monoisotopic (exact) mass is 267 g/mol. The molecule has 2 N–H and O–H groups in total. The van der Waals surface area contributed by atoms with E-state index in [-0.39, 0.29) is 5.54 Å². The summed E-state index contributed by atoms with van der Waals surface area (Å²) in [4.78, 5) is 5.46. The zero-order chi connectivity index (χ0) is 13.7. The number of nitrogens with two attached hydrogens (primary N) is 1. The van der Waals surface area contributed by atoms with Crippen molar-refractivity contribution in [2.24, 2.45) is 5.73 Å². The maximum atomic E-state index is 6.20. The summed E-state index contributed by atoms with van der Waals surface area (Å²) in [7, 11) is 0. The molecule has 112 valence electrons. The molecular formula is C16H33N3. The van der Waals surface area contributed by atoms with Gasteiger partial charge in [-0.1, -0.05) is 33.1 Å². The van der Waals surface area contributed by atoms with E-state index in [4.69, 9.17) is 5.73 Å². The van der Waals surface area contributed by atoms with E-state index in [0.717, 1.165) is 12.6 Å². The van der Waals surface area contributed by atoms with Crippen molar-refractivity contribution in [2.75, 3.05) is 32.7 Å². The van der Waals surface area contributed by atoms with Gasteiger partial charge in [0.25, 0.3) is 0 Å². The first-order valence-electron chi connectivity index (χ1n) is 8.45. The Balaban J connectivity index is 2.01. The van der Waals surface area contributed by atoms with Crippen LogP contribution < -0.4 is 5.73 Å². The first-order valence-corrected chi connectivity index (χ1v) is 8.45. The van der Waals surface area contributed by atoms with Crippen LogP contribution in [0.25, 0.3) is 0 Å². The molecule has 2 aliphatic heterocycles. The first kappa shape index (κ1) is 15.3.